The van der Waals surface area contributed by atoms with E-state index in [1.807, 2.05) is 48.5 Å². The summed E-state index contributed by atoms with van der Waals surface area (Å²) in [6.07, 6.45) is 18.1. The lowest BCUT2D eigenvalue weighted by Crippen LogP contribution is -3.00. The molecule has 0 aliphatic carbocycles. The summed E-state index contributed by atoms with van der Waals surface area (Å²) in [5.74, 6) is 1.23. The summed E-state index contributed by atoms with van der Waals surface area (Å²) in [6.45, 7) is 5.87. The highest BCUT2D eigenvalue weighted by molar-refractivity contribution is 7.09. The van der Waals surface area contributed by atoms with Crippen molar-refractivity contribution in [1.82, 2.24) is 0 Å². The van der Waals surface area contributed by atoms with Crippen LogP contribution in [0.3, 0.4) is 0 Å². The van der Waals surface area contributed by atoms with Crippen LogP contribution in [0, 0.1) is 6.92 Å². The Kier molecular flexibility index (Phi) is 17.3. The molecule has 0 unspecified atom stereocenters. The number of benzene rings is 2. The predicted octanol–water partition coefficient (Wildman–Crippen LogP) is 5.49. The fourth-order valence-corrected chi connectivity index (χ4v) is 5.23. The van der Waals surface area contributed by atoms with Crippen molar-refractivity contribution in [2.24, 2.45) is 0 Å². The van der Waals surface area contributed by atoms with E-state index in [0.29, 0.717) is 12.4 Å². The van der Waals surface area contributed by atoms with Gasteiger partial charge in [-0.2, -0.15) is 4.57 Å². The molecule has 0 saturated heterocycles. The van der Waals surface area contributed by atoms with E-state index in [9.17, 15) is 4.79 Å². The van der Waals surface area contributed by atoms with Crippen LogP contribution in [0.25, 0.3) is 0 Å². The fourth-order valence-electron chi connectivity index (χ4n) is 4.56. The van der Waals surface area contributed by atoms with Gasteiger partial charge in [-0.15, -0.1) is 0 Å². The van der Waals surface area contributed by atoms with E-state index in [4.69, 9.17) is 9.47 Å². The molecule has 0 saturated carbocycles. The molecule has 5 nitrogen and oxygen atoms in total. The Hall–Kier alpha value is -2.38. The van der Waals surface area contributed by atoms with Gasteiger partial charge in [-0.05, 0) is 30.7 Å². The molecule has 1 heterocycles. The van der Waals surface area contributed by atoms with Gasteiger partial charge >= 0.3 is 0 Å². The third kappa shape index (κ3) is 13.8. The summed E-state index contributed by atoms with van der Waals surface area (Å²) in [4.78, 5) is 12.4. The first kappa shape index (κ1) is 33.8. The number of nitrogens with zero attached hydrogens (tertiary/aromatic N) is 1. The second kappa shape index (κ2) is 20.5. The van der Waals surface area contributed by atoms with E-state index in [1.54, 1.807) is 11.3 Å². The summed E-state index contributed by atoms with van der Waals surface area (Å²) in [5.41, 5.74) is 1.95. The Morgan fingerprint density at radius 2 is 1.43 bits per heavy atom. The molecule has 0 bridgehead atoms. The predicted molar refractivity (Wildman–Crippen MR) is 162 cm³/mol. The van der Waals surface area contributed by atoms with Gasteiger partial charge in [0, 0.05) is 24.2 Å². The van der Waals surface area contributed by atoms with Crippen LogP contribution >= 0.6 is 11.3 Å². The van der Waals surface area contributed by atoms with Crippen LogP contribution in [0.2, 0.25) is 0 Å². The van der Waals surface area contributed by atoms with Crippen molar-refractivity contribution in [3.05, 3.63) is 70.7 Å². The van der Waals surface area contributed by atoms with Crippen molar-refractivity contribution < 1.29 is 35.8 Å². The molecule has 3 aromatic rings. The molecule has 0 radical (unpaired) electrons. The highest BCUT2D eigenvalue weighted by atomic mass is 79.9. The number of rotatable bonds is 20. The minimum atomic E-state index is -0.186. The molecule has 40 heavy (non-hydrogen) atoms. The standard InChI is InChI=1S/C33H46N2O3S.BrH/c1-3-4-5-6-7-8-9-10-11-12-13-14-23-37-31-16-15-17-32(25-31)38-27-33(36)34-30-20-18-29(19-21-30)26-35-22-24-39-28(35)2;/h15-22,24-25H,3-14,23,26-27H2,1-2H3;1H. The van der Waals surface area contributed by atoms with Crippen LogP contribution in [0.4, 0.5) is 5.69 Å². The van der Waals surface area contributed by atoms with Crippen molar-refractivity contribution in [3.8, 4) is 11.5 Å². The van der Waals surface area contributed by atoms with Crippen molar-refractivity contribution in [2.75, 3.05) is 18.5 Å². The van der Waals surface area contributed by atoms with Crippen molar-refractivity contribution in [1.29, 1.82) is 0 Å². The maximum absolute atomic E-state index is 12.4. The monoisotopic (exact) mass is 630 g/mol. The maximum Gasteiger partial charge on any atom is 0.262 e. The number of unbranched alkanes of at least 4 members (excludes halogenated alkanes) is 11. The topological polar surface area (TPSA) is 51.4 Å². The largest absolute Gasteiger partial charge is 1.00 e. The van der Waals surface area contributed by atoms with Crippen LogP contribution in [0.15, 0.2) is 60.1 Å². The quantitative estimate of drug-likeness (QED) is 0.133. The smallest absolute Gasteiger partial charge is 0.262 e. The number of carbonyl (C=O) groups excluding carboxylic acids is 1. The number of hydrogen-bond donors (Lipinski definition) is 1. The zero-order chi connectivity index (χ0) is 27.5. The number of amides is 1. The zero-order valence-electron chi connectivity index (χ0n) is 24.3. The lowest BCUT2D eigenvalue weighted by atomic mass is 10.1. The molecule has 3 rings (SSSR count). The van der Waals surface area contributed by atoms with Crippen LogP contribution in [0.1, 0.15) is 94.5 Å². The Morgan fingerprint density at radius 1 is 0.825 bits per heavy atom. The molecular formula is C33H47BrN2O3S. The fraction of sp³-hybridized carbons (Fsp3) is 0.515. The van der Waals surface area contributed by atoms with Gasteiger partial charge in [0.25, 0.3) is 5.91 Å². The van der Waals surface area contributed by atoms with E-state index in [1.165, 1.54) is 81.2 Å². The molecule has 7 heteroatoms. The Morgan fingerprint density at radius 3 is 2.02 bits per heavy atom. The van der Waals surface area contributed by atoms with Gasteiger partial charge in [-0.3, -0.25) is 4.79 Å². The molecule has 1 aromatic heterocycles. The summed E-state index contributed by atoms with van der Waals surface area (Å²) < 4.78 is 13.8. The van der Waals surface area contributed by atoms with Gasteiger partial charge in [0.1, 0.15) is 11.5 Å². The SMILES string of the molecule is CCCCCCCCCCCCCCOc1cccc(OCC(=O)Nc2ccc(C[n+]3ccsc3C)cc2)c1.[Br-]. The molecule has 0 spiro atoms. The number of aryl methyl sites for hydroxylation is 1. The molecular weight excluding hydrogens is 584 g/mol. The Labute approximate surface area is 256 Å². The Bertz CT molecular complexity index is 1090. The van der Waals surface area contributed by atoms with E-state index in [2.05, 4.69) is 35.3 Å². The van der Waals surface area contributed by atoms with Gasteiger partial charge in [0.15, 0.2) is 19.3 Å². The summed E-state index contributed by atoms with van der Waals surface area (Å²) in [6, 6.07) is 15.5. The highest BCUT2D eigenvalue weighted by Gasteiger charge is 2.09. The van der Waals surface area contributed by atoms with Crippen LogP contribution in [-0.4, -0.2) is 19.1 Å². The van der Waals surface area contributed by atoms with Crippen LogP contribution < -0.4 is 36.3 Å². The first-order valence-corrected chi connectivity index (χ1v) is 15.7. The minimum absolute atomic E-state index is 0. The first-order valence-electron chi connectivity index (χ1n) is 14.8. The molecule has 0 aliphatic rings. The Balaban J connectivity index is 0.00000560. The van der Waals surface area contributed by atoms with Gasteiger partial charge in [0.05, 0.1) is 12.0 Å². The van der Waals surface area contributed by atoms with Gasteiger partial charge in [-0.1, -0.05) is 107 Å². The van der Waals surface area contributed by atoms with Crippen molar-refractivity contribution in [3.63, 3.8) is 0 Å². The number of anilines is 1. The number of carbonyl (C=O) groups is 1. The maximum atomic E-state index is 12.4. The molecule has 1 N–H and O–H groups in total. The number of nitrogens with one attached hydrogen (secondary N) is 1. The van der Waals surface area contributed by atoms with E-state index in [-0.39, 0.29) is 29.5 Å². The van der Waals surface area contributed by atoms with E-state index < -0.39 is 0 Å². The molecule has 0 fully saturated rings. The van der Waals surface area contributed by atoms with Crippen LogP contribution in [-0.2, 0) is 11.3 Å². The zero-order valence-corrected chi connectivity index (χ0v) is 26.7. The molecule has 1 amide bonds. The molecule has 220 valence electrons. The number of aromatic nitrogens is 1. The average Bonchev–Trinajstić information content (AvgIpc) is 3.35. The van der Waals surface area contributed by atoms with Crippen molar-refractivity contribution in [2.45, 2.75) is 97.4 Å². The van der Waals surface area contributed by atoms with Gasteiger partial charge in [0.2, 0.25) is 5.01 Å². The first-order chi connectivity index (χ1) is 19.1. The molecule has 0 atom stereocenters. The molecule has 2 aromatic carbocycles. The lowest BCUT2D eigenvalue weighted by Gasteiger charge is -2.10. The minimum Gasteiger partial charge on any atom is -1.00 e. The summed E-state index contributed by atoms with van der Waals surface area (Å²) in [7, 11) is 0. The number of halogens is 1. The third-order valence-electron chi connectivity index (χ3n) is 6.92. The van der Waals surface area contributed by atoms with E-state index >= 15 is 0 Å². The number of ether oxygens (including phenoxy) is 2. The number of hydrogen-bond acceptors (Lipinski definition) is 4. The second-order valence-corrected chi connectivity index (χ2v) is 11.4. The lowest BCUT2D eigenvalue weighted by molar-refractivity contribution is -0.689. The van der Waals surface area contributed by atoms with Gasteiger partial charge in [-0.25, -0.2) is 0 Å². The van der Waals surface area contributed by atoms with Crippen molar-refractivity contribution >= 4 is 22.9 Å². The second-order valence-electron chi connectivity index (χ2n) is 10.3. The normalized spacial score (nSPS) is 10.7. The highest BCUT2D eigenvalue weighted by Crippen LogP contribution is 2.20. The van der Waals surface area contributed by atoms with Gasteiger partial charge < -0.3 is 31.8 Å². The average molecular weight is 632 g/mol. The number of thiazole rings is 1. The third-order valence-corrected chi connectivity index (χ3v) is 7.75. The van der Waals surface area contributed by atoms with Crippen LogP contribution in [0.5, 0.6) is 11.5 Å². The molecule has 0 aliphatic heterocycles. The summed E-state index contributed by atoms with van der Waals surface area (Å²) in [5, 5.41) is 6.26. The summed E-state index contributed by atoms with van der Waals surface area (Å²) >= 11 is 1.73. The van der Waals surface area contributed by atoms with E-state index in [0.717, 1.165) is 24.4 Å².